The SMILES string of the molecule is CC1(C)c2cc(/C=C/c3ccc4ccc5c(N6C7=C(C=CCC7)CCc7ccccc76)ccc6ccc3c4c65)ccc2-c2ccc(N3C4=C(C=CCC4)CCc4ccccc43)cc21. The van der Waals surface area contributed by atoms with Crippen LogP contribution < -0.4 is 9.80 Å². The van der Waals surface area contributed by atoms with Crippen molar-refractivity contribution in [3.63, 3.8) is 0 Å². The van der Waals surface area contributed by atoms with Gasteiger partial charge in [0.05, 0.1) is 5.69 Å². The quantitative estimate of drug-likeness (QED) is 0.129. The molecule has 2 heterocycles. The van der Waals surface area contributed by atoms with Crippen LogP contribution in [0.1, 0.15) is 85.8 Å². The van der Waals surface area contributed by atoms with E-state index < -0.39 is 0 Å². The summed E-state index contributed by atoms with van der Waals surface area (Å²) in [5.41, 5.74) is 21.8. The smallest absolute Gasteiger partial charge is 0.0537 e. The van der Waals surface area contributed by atoms with Gasteiger partial charge in [0.2, 0.25) is 0 Å². The molecule has 13 rings (SSSR count). The van der Waals surface area contributed by atoms with Crippen LogP contribution in [-0.2, 0) is 18.3 Å². The third-order valence-corrected chi connectivity index (χ3v) is 15.1. The highest BCUT2D eigenvalue weighted by atomic mass is 15.2. The molecule has 8 aromatic rings. The molecule has 0 unspecified atom stereocenters. The average Bonchev–Trinajstić information content (AvgIpc) is 3.45. The van der Waals surface area contributed by atoms with Gasteiger partial charge in [0, 0.05) is 39.3 Å². The zero-order valence-electron chi connectivity index (χ0n) is 36.2. The van der Waals surface area contributed by atoms with E-state index in [1.807, 2.05) is 0 Å². The number of anilines is 4. The Balaban J connectivity index is 0.876. The van der Waals surface area contributed by atoms with Crippen LogP contribution in [0.4, 0.5) is 22.7 Å². The maximum Gasteiger partial charge on any atom is 0.0537 e. The number of para-hydroxylation sites is 2. The lowest BCUT2D eigenvalue weighted by atomic mass is 9.81. The van der Waals surface area contributed by atoms with E-state index in [1.165, 1.54) is 122 Å². The third-order valence-electron chi connectivity index (χ3n) is 15.1. The van der Waals surface area contributed by atoms with Crippen molar-refractivity contribution in [1.29, 1.82) is 0 Å². The molecule has 2 nitrogen and oxygen atoms in total. The maximum atomic E-state index is 2.61. The zero-order valence-corrected chi connectivity index (χ0v) is 36.2. The van der Waals surface area contributed by atoms with E-state index in [1.54, 1.807) is 0 Å². The van der Waals surface area contributed by atoms with Crippen molar-refractivity contribution >= 4 is 67.2 Å². The summed E-state index contributed by atoms with van der Waals surface area (Å²) in [5.74, 6) is 0. The molecule has 0 saturated heterocycles. The summed E-state index contributed by atoms with van der Waals surface area (Å²) in [6, 6.07) is 51.3. The Morgan fingerprint density at radius 1 is 0.476 bits per heavy atom. The van der Waals surface area contributed by atoms with Crippen LogP contribution >= 0.6 is 0 Å². The molecule has 304 valence electrons. The van der Waals surface area contributed by atoms with Gasteiger partial charge in [0.15, 0.2) is 0 Å². The molecular formula is C61H50N2. The van der Waals surface area contributed by atoms with Crippen molar-refractivity contribution in [2.24, 2.45) is 0 Å². The van der Waals surface area contributed by atoms with Gasteiger partial charge >= 0.3 is 0 Å². The minimum Gasteiger partial charge on any atom is -0.314 e. The van der Waals surface area contributed by atoms with Crippen LogP contribution in [0, 0.1) is 0 Å². The second kappa shape index (κ2) is 14.1. The first-order chi connectivity index (χ1) is 31.0. The summed E-state index contributed by atoms with van der Waals surface area (Å²) in [4.78, 5) is 5.19. The first kappa shape index (κ1) is 36.7. The highest BCUT2D eigenvalue weighted by Gasteiger charge is 2.37. The highest BCUT2D eigenvalue weighted by molar-refractivity contribution is 6.27. The topological polar surface area (TPSA) is 6.48 Å². The van der Waals surface area contributed by atoms with E-state index in [2.05, 4.69) is 194 Å². The monoisotopic (exact) mass is 810 g/mol. The maximum absolute atomic E-state index is 2.61. The zero-order chi connectivity index (χ0) is 41.8. The lowest BCUT2D eigenvalue weighted by molar-refractivity contribution is 0.660. The number of benzene rings is 8. The van der Waals surface area contributed by atoms with Gasteiger partial charge < -0.3 is 9.80 Å². The van der Waals surface area contributed by atoms with Crippen molar-refractivity contribution in [2.75, 3.05) is 9.80 Å². The molecule has 0 aromatic heterocycles. The predicted octanol–water partition coefficient (Wildman–Crippen LogP) is 16.4. The van der Waals surface area contributed by atoms with Crippen molar-refractivity contribution < 1.29 is 0 Å². The van der Waals surface area contributed by atoms with Crippen LogP contribution in [0.25, 0.3) is 55.6 Å². The first-order valence-electron chi connectivity index (χ1n) is 23.2. The molecule has 0 N–H and O–H groups in total. The van der Waals surface area contributed by atoms with Gasteiger partial charge in [-0.25, -0.2) is 0 Å². The second-order valence-corrected chi connectivity index (χ2v) is 18.9. The molecular weight excluding hydrogens is 761 g/mol. The summed E-state index contributed by atoms with van der Waals surface area (Å²) in [6.45, 7) is 4.84. The fraction of sp³-hybridized carbons (Fsp3) is 0.180. The molecule has 8 aromatic carbocycles. The molecule has 0 atom stereocenters. The highest BCUT2D eigenvalue weighted by Crippen LogP contribution is 2.52. The average molecular weight is 811 g/mol. The summed E-state index contributed by atoms with van der Waals surface area (Å²) in [7, 11) is 0. The standard InChI is InChI=1S/C61H50N2/c1-61(2)52-37-39(20-32-49(52)50-35-31-47(38-53(50)61)62-54-15-7-3-11-41(54)23-24-42-12-4-8-16-55(42)62)19-21-40-22-27-45-29-34-51-58(36-30-46-28-33-48(40)59(45)60(46)51)63-56-17-9-5-13-43(56)25-26-44-14-6-10-18-57(44)63/h3-7,9,11-15,17,19-22,27-38H,8,10,16,18,23-26H2,1-2H3/b21-19+. The van der Waals surface area contributed by atoms with Gasteiger partial charge in [-0.1, -0.05) is 153 Å². The summed E-state index contributed by atoms with van der Waals surface area (Å²) in [5, 5.41) is 7.93. The van der Waals surface area contributed by atoms with Gasteiger partial charge in [-0.05, 0) is 164 Å². The lowest BCUT2D eigenvalue weighted by Crippen LogP contribution is -2.20. The van der Waals surface area contributed by atoms with Crippen LogP contribution in [0.15, 0.2) is 180 Å². The number of hydrogen-bond acceptors (Lipinski definition) is 2. The Morgan fingerprint density at radius 3 is 1.79 bits per heavy atom. The second-order valence-electron chi connectivity index (χ2n) is 18.9. The van der Waals surface area contributed by atoms with Gasteiger partial charge in [-0.2, -0.15) is 0 Å². The molecule has 5 aliphatic rings. The van der Waals surface area contributed by atoms with E-state index in [9.17, 15) is 0 Å². The van der Waals surface area contributed by atoms with E-state index in [4.69, 9.17) is 0 Å². The van der Waals surface area contributed by atoms with Crippen LogP contribution in [0.5, 0.6) is 0 Å². The van der Waals surface area contributed by atoms with E-state index in [0.29, 0.717) is 0 Å². The van der Waals surface area contributed by atoms with Crippen molar-refractivity contribution in [1.82, 2.24) is 0 Å². The minimum absolute atomic E-state index is 0.136. The van der Waals surface area contributed by atoms with Gasteiger partial charge in [-0.15, -0.1) is 0 Å². The van der Waals surface area contributed by atoms with Crippen LogP contribution in [0.2, 0.25) is 0 Å². The van der Waals surface area contributed by atoms with E-state index >= 15 is 0 Å². The summed E-state index contributed by atoms with van der Waals surface area (Å²) >= 11 is 0. The minimum atomic E-state index is -0.136. The van der Waals surface area contributed by atoms with Crippen LogP contribution in [0.3, 0.4) is 0 Å². The van der Waals surface area contributed by atoms with Gasteiger partial charge in [-0.3, -0.25) is 0 Å². The Hall–Kier alpha value is -6.90. The largest absolute Gasteiger partial charge is 0.314 e. The van der Waals surface area contributed by atoms with E-state index in [-0.39, 0.29) is 5.41 Å². The Bertz CT molecular complexity index is 3380. The molecule has 0 spiro atoms. The van der Waals surface area contributed by atoms with Gasteiger partial charge in [0.25, 0.3) is 0 Å². The van der Waals surface area contributed by atoms with Crippen molar-refractivity contribution in [3.05, 3.63) is 214 Å². The first-order valence-corrected chi connectivity index (χ1v) is 23.2. The van der Waals surface area contributed by atoms with Crippen LogP contribution in [-0.4, -0.2) is 0 Å². The molecule has 0 bridgehead atoms. The molecule has 2 aliphatic heterocycles. The normalized spacial score (nSPS) is 17.6. The molecule has 0 amide bonds. The number of fused-ring (bicyclic) bond motifs is 5. The van der Waals surface area contributed by atoms with Crippen molar-refractivity contribution in [2.45, 2.75) is 70.6 Å². The predicted molar refractivity (Wildman–Crippen MR) is 268 cm³/mol. The lowest BCUT2D eigenvalue weighted by Gasteiger charge is -2.32. The van der Waals surface area contributed by atoms with Gasteiger partial charge in [0.1, 0.15) is 0 Å². The molecule has 0 fully saturated rings. The Kier molecular flexibility index (Phi) is 8.20. The number of hydrogen-bond donors (Lipinski definition) is 0. The summed E-state index contributed by atoms with van der Waals surface area (Å²) in [6.07, 6.45) is 22.8. The molecule has 2 heteroatoms. The number of rotatable bonds is 4. The van der Waals surface area contributed by atoms with Crippen molar-refractivity contribution in [3.8, 4) is 11.1 Å². The van der Waals surface area contributed by atoms with E-state index in [0.717, 1.165) is 51.4 Å². The Labute approximate surface area is 370 Å². The third kappa shape index (κ3) is 5.63. The fourth-order valence-corrected chi connectivity index (χ4v) is 12.0. The molecule has 0 saturated carbocycles. The fourth-order valence-electron chi connectivity index (χ4n) is 12.0. The number of allylic oxidation sites excluding steroid dienone is 8. The number of aryl methyl sites for hydroxylation is 2. The molecule has 3 aliphatic carbocycles. The summed E-state index contributed by atoms with van der Waals surface area (Å²) < 4.78 is 0. The Morgan fingerprint density at radius 2 is 1.06 bits per heavy atom. The molecule has 63 heavy (non-hydrogen) atoms. The number of nitrogens with zero attached hydrogens (tertiary/aromatic N) is 2. The molecule has 0 radical (unpaired) electrons.